The van der Waals surface area contributed by atoms with E-state index >= 15 is 0 Å². The molecule has 8 nitrogen and oxygen atoms in total. The Morgan fingerprint density at radius 1 is 1.32 bits per heavy atom. The number of aliphatic imine (C=N–C) groups is 2. The number of rotatable bonds is 8. The summed E-state index contributed by atoms with van der Waals surface area (Å²) in [4.78, 5) is 33.7. The number of carbonyl (C=O) groups is 2. The second-order valence-electron chi connectivity index (χ2n) is 8.10. The van der Waals surface area contributed by atoms with E-state index in [0.717, 1.165) is 34.3 Å². The molecule has 0 aromatic carbocycles. The van der Waals surface area contributed by atoms with Crippen molar-refractivity contribution in [2.75, 3.05) is 19.8 Å². The number of carbonyl (C=O) groups excluding carboxylic acids is 2. The maximum atomic E-state index is 10.7. The number of amidine groups is 1. The number of pyridine rings is 1. The molecule has 2 N–H and O–H groups in total. The lowest BCUT2D eigenvalue weighted by Crippen LogP contribution is -2.33. The lowest BCUT2D eigenvalue weighted by molar-refractivity contribution is -0.107. The van der Waals surface area contributed by atoms with Crippen molar-refractivity contribution in [3.63, 3.8) is 0 Å². The predicted molar refractivity (Wildman–Crippen MR) is 143 cm³/mol. The van der Waals surface area contributed by atoms with E-state index in [1.807, 2.05) is 31.4 Å². The van der Waals surface area contributed by atoms with Gasteiger partial charge in [-0.3, -0.25) is 15.0 Å². The zero-order valence-electron chi connectivity index (χ0n) is 21.6. The Kier molecular flexibility index (Phi) is 15.2. The van der Waals surface area contributed by atoms with Crippen molar-refractivity contribution in [1.29, 1.82) is 0 Å². The van der Waals surface area contributed by atoms with Crippen LogP contribution in [-0.2, 0) is 9.53 Å². The van der Waals surface area contributed by atoms with Crippen molar-refractivity contribution in [3.8, 4) is 0 Å². The first-order valence-electron chi connectivity index (χ1n) is 11.1. The van der Waals surface area contributed by atoms with Gasteiger partial charge in [0.1, 0.15) is 11.9 Å². The molecule has 1 rings (SSSR count). The molecule has 1 atom stereocenters. The molecule has 0 fully saturated rings. The van der Waals surface area contributed by atoms with Crippen molar-refractivity contribution in [1.82, 2.24) is 15.6 Å². The fourth-order valence-electron chi connectivity index (χ4n) is 2.44. The van der Waals surface area contributed by atoms with Gasteiger partial charge in [-0.2, -0.15) is 0 Å². The standard InChI is InChI=1S/C18H26N4S.C7H13NO3/c1-7-13(3)17(15-9-11-20-12-10-15)22-16(8-2)14(4)21-18(19-5)23-6;1-7(2,3)11-6(10)8-4-5-9/h8-13H,4,7H2,1-3,5-6H3,(H,19,21);5H,4H2,1-3H3,(H,8,10)/b16-8-,22-17?;. The van der Waals surface area contributed by atoms with Gasteiger partial charge in [-0.25, -0.2) is 4.79 Å². The molecule has 0 saturated carbocycles. The Morgan fingerprint density at radius 3 is 2.38 bits per heavy atom. The maximum Gasteiger partial charge on any atom is 0.408 e. The van der Waals surface area contributed by atoms with Gasteiger partial charge in [-0.1, -0.05) is 38.3 Å². The van der Waals surface area contributed by atoms with Gasteiger partial charge in [-0.05, 0) is 64.0 Å². The van der Waals surface area contributed by atoms with Crippen LogP contribution in [0.15, 0.2) is 58.6 Å². The normalized spacial score (nSPS) is 13.2. The monoisotopic (exact) mass is 489 g/mol. The first kappa shape index (κ1) is 31.1. The molecule has 0 aliphatic rings. The van der Waals surface area contributed by atoms with Crippen molar-refractivity contribution < 1.29 is 14.3 Å². The summed E-state index contributed by atoms with van der Waals surface area (Å²) >= 11 is 1.55. The molecule has 188 valence electrons. The number of alkyl carbamates (subject to hydrolysis) is 1. The van der Waals surface area contributed by atoms with Crippen LogP contribution >= 0.6 is 11.8 Å². The van der Waals surface area contributed by atoms with Crippen molar-refractivity contribution in [2.45, 2.75) is 53.6 Å². The van der Waals surface area contributed by atoms with Gasteiger partial charge < -0.3 is 20.2 Å². The first-order chi connectivity index (χ1) is 16.0. The largest absolute Gasteiger partial charge is 0.444 e. The number of hydrogen-bond donors (Lipinski definition) is 2. The van der Waals surface area contributed by atoms with Gasteiger partial charge >= 0.3 is 6.09 Å². The lowest BCUT2D eigenvalue weighted by atomic mass is 9.96. The number of amides is 1. The molecule has 0 aliphatic carbocycles. The molecule has 0 bridgehead atoms. The van der Waals surface area contributed by atoms with Crippen LogP contribution in [0.2, 0.25) is 0 Å². The third-order valence-electron chi connectivity index (χ3n) is 4.26. The van der Waals surface area contributed by atoms with Crippen LogP contribution in [0.5, 0.6) is 0 Å². The molecule has 9 heteroatoms. The third-order valence-corrected chi connectivity index (χ3v) is 4.93. The predicted octanol–water partition coefficient (Wildman–Crippen LogP) is 4.98. The van der Waals surface area contributed by atoms with Crippen LogP contribution in [0, 0.1) is 5.92 Å². The average molecular weight is 490 g/mol. The van der Waals surface area contributed by atoms with Crippen molar-refractivity contribution in [3.05, 3.63) is 54.1 Å². The van der Waals surface area contributed by atoms with Crippen molar-refractivity contribution in [2.24, 2.45) is 15.9 Å². The van der Waals surface area contributed by atoms with Crippen LogP contribution in [0.3, 0.4) is 0 Å². The summed E-state index contributed by atoms with van der Waals surface area (Å²) in [6, 6.07) is 3.99. The number of ether oxygens (including phenoxy) is 1. The van der Waals surface area contributed by atoms with E-state index in [0.29, 0.717) is 12.2 Å². The quantitative estimate of drug-likeness (QED) is 0.231. The highest BCUT2D eigenvalue weighted by molar-refractivity contribution is 8.13. The molecule has 1 heterocycles. The summed E-state index contributed by atoms with van der Waals surface area (Å²) in [5, 5.41) is 6.29. The minimum Gasteiger partial charge on any atom is -0.444 e. The molecule has 1 amide bonds. The molecule has 1 unspecified atom stereocenters. The van der Waals surface area contributed by atoms with Gasteiger partial charge in [0.2, 0.25) is 0 Å². The number of nitrogens with one attached hydrogen (secondary N) is 2. The highest BCUT2D eigenvalue weighted by Gasteiger charge is 2.15. The van der Waals surface area contributed by atoms with Gasteiger partial charge in [0.05, 0.1) is 23.7 Å². The van der Waals surface area contributed by atoms with Crippen LogP contribution in [0.1, 0.15) is 53.5 Å². The molecule has 0 saturated heterocycles. The van der Waals surface area contributed by atoms with E-state index in [1.54, 1.807) is 52.0 Å². The fourth-order valence-corrected chi connectivity index (χ4v) is 2.85. The number of thioether (sulfide) groups is 1. The molecule has 34 heavy (non-hydrogen) atoms. The highest BCUT2D eigenvalue weighted by atomic mass is 32.2. The van der Waals surface area contributed by atoms with E-state index < -0.39 is 11.7 Å². The summed E-state index contributed by atoms with van der Waals surface area (Å²) in [5.74, 6) is 0.347. The van der Waals surface area contributed by atoms with Gasteiger partial charge in [0.15, 0.2) is 5.17 Å². The highest BCUT2D eigenvalue weighted by Crippen LogP contribution is 2.18. The maximum absolute atomic E-state index is 10.7. The Balaban J connectivity index is 0.000000833. The summed E-state index contributed by atoms with van der Waals surface area (Å²) in [7, 11) is 1.76. The minimum absolute atomic E-state index is 0.00505. The van der Waals surface area contributed by atoms with Gasteiger partial charge in [0, 0.05) is 19.4 Å². The Labute approximate surface area is 208 Å². The summed E-state index contributed by atoms with van der Waals surface area (Å²) in [6.07, 6.45) is 8.59. The molecule has 1 aromatic rings. The first-order valence-corrected chi connectivity index (χ1v) is 12.3. The molecule has 0 spiro atoms. The summed E-state index contributed by atoms with van der Waals surface area (Å²) in [6.45, 7) is 15.7. The molecule has 0 radical (unpaired) electrons. The molecule has 0 aliphatic heterocycles. The number of nitrogens with zero attached hydrogens (tertiary/aromatic N) is 3. The SMILES string of the molecule is C=C(NC(=NC)SC)/C(=C/C)N=C(c1ccncc1)C(C)CC.CC(C)(C)OC(=O)NCC=O. The molecule has 1 aromatic heterocycles. The van der Waals surface area contributed by atoms with E-state index in [4.69, 9.17) is 9.73 Å². The number of allylic oxidation sites excluding steroid dienone is 1. The fraction of sp³-hybridized carbons (Fsp3) is 0.480. The Hall–Kier alpha value is -2.94. The smallest absolute Gasteiger partial charge is 0.408 e. The summed E-state index contributed by atoms with van der Waals surface area (Å²) < 4.78 is 4.83. The second-order valence-corrected chi connectivity index (χ2v) is 8.90. The second kappa shape index (κ2) is 16.6. The van der Waals surface area contributed by atoms with E-state index in [-0.39, 0.29) is 6.54 Å². The zero-order chi connectivity index (χ0) is 26.1. The lowest BCUT2D eigenvalue weighted by Gasteiger charge is -2.18. The number of aldehydes is 1. The Bertz CT molecular complexity index is 874. The zero-order valence-corrected chi connectivity index (χ0v) is 22.5. The van der Waals surface area contributed by atoms with E-state index in [1.165, 1.54) is 0 Å². The van der Waals surface area contributed by atoms with Crippen molar-refractivity contribution >= 4 is 35.0 Å². The van der Waals surface area contributed by atoms with Gasteiger partial charge in [0.25, 0.3) is 0 Å². The van der Waals surface area contributed by atoms with Gasteiger partial charge in [-0.15, -0.1) is 0 Å². The van der Waals surface area contributed by atoms with Crippen LogP contribution in [0.25, 0.3) is 0 Å². The number of hydrogen-bond acceptors (Lipinski definition) is 7. The molecular weight excluding hydrogens is 450 g/mol. The Morgan fingerprint density at radius 2 is 1.94 bits per heavy atom. The average Bonchev–Trinajstić information content (AvgIpc) is 2.81. The summed E-state index contributed by atoms with van der Waals surface area (Å²) in [5.41, 5.74) is 3.21. The van der Waals surface area contributed by atoms with Crippen LogP contribution in [0.4, 0.5) is 4.79 Å². The van der Waals surface area contributed by atoms with Crippen LogP contribution < -0.4 is 10.6 Å². The van der Waals surface area contributed by atoms with E-state index in [9.17, 15) is 9.59 Å². The number of aromatic nitrogens is 1. The molecular formula is C25H39N5O3S. The van der Waals surface area contributed by atoms with Crippen LogP contribution in [-0.4, -0.2) is 53.7 Å². The minimum atomic E-state index is -0.565. The van der Waals surface area contributed by atoms with E-state index in [2.05, 4.69) is 41.0 Å². The topological polar surface area (TPSA) is 105 Å². The third kappa shape index (κ3) is 12.9.